The fraction of sp³-hybridized carbons (Fsp3) is 0.938. The minimum absolute atomic E-state index is 0.0509. The number of hydrogen-bond donors (Lipinski definition) is 0. The molecule has 4 heteroatoms. The van der Waals surface area contributed by atoms with Gasteiger partial charge in [0.1, 0.15) is 6.10 Å². The molecule has 2 saturated heterocycles. The summed E-state index contributed by atoms with van der Waals surface area (Å²) in [5.74, 6) is 4.53. The second-order valence-electron chi connectivity index (χ2n) is 6.94. The summed E-state index contributed by atoms with van der Waals surface area (Å²) in [5, 5.41) is 0. The summed E-state index contributed by atoms with van der Waals surface area (Å²) < 4.78 is 6.16. The van der Waals surface area contributed by atoms with Gasteiger partial charge < -0.3 is 4.74 Å². The van der Waals surface area contributed by atoms with Gasteiger partial charge in [-0.3, -0.25) is 4.79 Å². The zero-order chi connectivity index (χ0) is 14.3. The van der Waals surface area contributed by atoms with Gasteiger partial charge in [-0.25, -0.2) is 0 Å². The van der Waals surface area contributed by atoms with Crippen molar-refractivity contribution < 1.29 is 9.53 Å². The molecule has 3 aliphatic rings. The molecular weight excluding hydrogens is 288 g/mol. The van der Waals surface area contributed by atoms with E-state index in [1.807, 2.05) is 0 Å². The maximum atomic E-state index is 11.9. The van der Waals surface area contributed by atoms with Crippen molar-refractivity contribution in [1.82, 2.24) is 0 Å². The summed E-state index contributed by atoms with van der Waals surface area (Å²) in [6.45, 7) is 6.81. The maximum Gasteiger partial charge on any atom is 0.309 e. The summed E-state index contributed by atoms with van der Waals surface area (Å²) in [7, 11) is 0. The van der Waals surface area contributed by atoms with Gasteiger partial charge in [-0.1, -0.05) is 13.8 Å². The van der Waals surface area contributed by atoms with E-state index in [0.29, 0.717) is 21.8 Å². The first kappa shape index (κ1) is 15.1. The summed E-state index contributed by atoms with van der Waals surface area (Å²) in [6, 6.07) is 0. The Hall–Kier alpha value is 0.170. The molecule has 0 spiro atoms. The summed E-state index contributed by atoms with van der Waals surface area (Å²) >= 11 is 4.23. The van der Waals surface area contributed by atoms with Gasteiger partial charge in [-0.05, 0) is 44.4 Å². The third-order valence-corrected chi connectivity index (χ3v) is 9.04. The van der Waals surface area contributed by atoms with Gasteiger partial charge in [-0.2, -0.15) is 0 Å². The molecule has 2 heterocycles. The highest BCUT2D eigenvalue weighted by atomic mass is 32.2. The molecule has 0 aromatic carbocycles. The molecule has 1 saturated carbocycles. The van der Waals surface area contributed by atoms with Crippen LogP contribution in [-0.4, -0.2) is 27.7 Å². The molecule has 114 valence electrons. The first-order valence-electron chi connectivity index (χ1n) is 7.98. The second kappa shape index (κ2) is 5.75. The van der Waals surface area contributed by atoms with E-state index < -0.39 is 0 Å². The standard InChI is InChI=1S/C16H26O2S2/c1-10-4-5-13-11(2)15(17)18-14(13)12(10)6-7-16(3)19-8-9-20-16/h10-14H,4-9H2,1-3H3/t10-,11-,12-,13+,14+/m1/s1. The Labute approximate surface area is 131 Å². The number of esters is 1. The minimum atomic E-state index is 0.0509. The Bertz CT molecular complexity index is 379. The van der Waals surface area contributed by atoms with E-state index in [-0.39, 0.29) is 18.0 Å². The van der Waals surface area contributed by atoms with Crippen molar-refractivity contribution >= 4 is 29.5 Å². The van der Waals surface area contributed by atoms with Gasteiger partial charge in [0.2, 0.25) is 0 Å². The lowest BCUT2D eigenvalue weighted by atomic mass is 9.68. The molecular formula is C16H26O2S2. The van der Waals surface area contributed by atoms with Crippen molar-refractivity contribution in [2.45, 2.75) is 56.6 Å². The Morgan fingerprint density at radius 3 is 2.65 bits per heavy atom. The lowest BCUT2D eigenvalue weighted by molar-refractivity contribution is -0.146. The van der Waals surface area contributed by atoms with Crippen molar-refractivity contribution in [3.63, 3.8) is 0 Å². The van der Waals surface area contributed by atoms with E-state index in [1.54, 1.807) is 0 Å². The Morgan fingerprint density at radius 2 is 1.95 bits per heavy atom. The Morgan fingerprint density at radius 1 is 1.25 bits per heavy atom. The number of ether oxygens (including phenoxy) is 1. The summed E-state index contributed by atoms with van der Waals surface area (Å²) in [6.07, 6.45) is 5.13. The van der Waals surface area contributed by atoms with Gasteiger partial charge in [0.05, 0.1) is 10.00 Å². The maximum absolute atomic E-state index is 11.9. The van der Waals surface area contributed by atoms with Crippen molar-refractivity contribution in [2.75, 3.05) is 11.5 Å². The summed E-state index contributed by atoms with van der Waals surface area (Å²) in [4.78, 5) is 11.9. The SMILES string of the molecule is C[C@@H]1CC[C@@H]2[C@@H](OC(=O)[C@@H]2C)[C@@H]1CCC1(C)SCCS1. The fourth-order valence-electron chi connectivity index (χ4n) is 4.18. The van der Waals surface area contributed by atoms with E-state index in [2.05, 4.69) is 44.3 Å². The van der Waals surface area contributed by atoms with E-state index >= 15 is 0 Å². The molecule has 3 rings (SSSR count). The topological polar surface area (TPSA) is 26.3 Å². The molecule has 3 fully saturated rings. The number of carbonyl (C=O) groups is 1. The lowest BCUT2D eigenvalue weighted by Crippen LogP contribution is -2.38. The van der Waals surface area contributed by atoms with Gasteiger partial charge in [-0.15, -0.1) is 23.5 Å². The Balaban J connectivity index is 1.65. The number of hydrogen-bond acceptors (Lipinski definition) is 4. The monoisotopic (exact) mass is 314 g/mol. The van der Waals surface area contributed by atoms with Crippen LogP contribution in [0.2, 0.25) is 0 Å². The van der Waals surface area contributed by atoms with E-state index in [9.17, 15) is 4.79 Å². The number of rotatable bonds is 3. The number of carbonyl (C=O) groups excluding carboxylic acids is 1. The molecule has 20 heavy (non-hydrogen) atoms. The largest absolute Gasteiger partial charge is 0.462 e. The quantitative estimate of drug-likeness (QED) is 0.730. The van der Waals surface area contributed by atoms with Crippen LogP contribution in [0.3, 0.4) is 0 Å². The molecule has 0 bridgehead atoms. The Kier molecular flexibility index (Phi) is 4.34. The molecule has 0 amide bonds. The molecule has 5 atom stereocenters. The second-order valence-corrected chi connectivity index (χ2v) is 10.4. The van der Waals surface area contributed by atoms with Crippen LogP contribution in [0.1, 0.15) is 46.5 Å². The van der Waals surface area contributed by atoms with Crippen LogP contribution < -0.4 is 0 Å². The molecule has 0 N–H and O–H groups in total. The molecule has 0 unspecified atom stereocenters. The van der Waals surface area contributed by atoms with E-state index in [4.69, 9.17) is 4.74 Å². The first-order valence-corrected chi connectivity index (χ1v) is 9.96. The highest BCUT2D eigenvalue weighted by Gasteiger charge is 2.49. The van der Waals surface area contributed by atoms with Crippen LogP contribution in [0.5, 0.6) is 0 Å². The average molecular weight is 315 g/mol. The van der Waals surface area contributed by atoms with Crippen LogP contribution >= 0.6 is 23.5 Å². The average Bonchev–Trinajstić information content (AvgIpc) is 2.95. The van der Waals surface area contributed by atoms with Gasteiger partial charge in [0, 0.05) is 17.4 Å². The van der Waals surface area contributed by atoms with Crippen LogP contribution in [0.25, 0.3) is 0 Å². The molecule has 2 aliphatic heterocycles. The van der Waals surface area contributed by atoms with E-state index in [1.165, 1.54) is 37.2 Å². The zero-order valence-electron chi connectivity index (χ0n) is 12.8. The number of fused-ring (bicyclic) bond motifs is 1. The van der Waals surface area contributed by atoms with Crippen molar-refractivity contribution in [2.24, 2.45) is 23.7 Å². The molecule has 1 aliphatic carbocycles. The number of thioether (sulfide) groups is 2. The highest BCUT2D eigenvalue weighted by molar-refractivity contribution is 8.21. The van der Waals surface area contributed by atoms with Crippen molar-refractivity contribution in [3.8, 4) is 0 Å². The van der Waals surface area contributed by atoms with Crippen LogP contribution in [0, 0.1) is 23.7 Å². The fourth-order valence-corrected chi connectivity index (χ4v) is 7.07. The normalized spacial score (nSPS) is 43.4. The van der Waals surface area contributed by atoms with E-state index in [0.717, 1.165) is 0 Å². The van der Waals surface area contributed by atoms with Crippen molar-refractivity contribution in [1.29, 1.82) is 0 Å². The van der Waals surface area contributed by atoms with Crippen LogP contribution in [0.4, 0.5) is 0 Å². The predicted molar refractivity (Wildman–Crippen MR) is 87.0 cm³/mol. The van der Waals surface area contributed by atoms with Gasteiger partial charge in [0.15, 0.2) is 0 Å². The molecule has 0 aromatic rings. The molecule has 2 nitrogen and oxygen atoms in total. The molecule has 0 aromatic heterocycles. The van der Waals surface area contributed by atoms with Gasteiger partial charge >= 0.3 is 5.97 Å². The predicted octanol–water partition coefficient (Wildman–Crippen LogP) is 4.19. The lowest BCUT2D eigenvalue weighted by Gasteiger charge is -2.38. The summed E-state index contributed by atoms with van der Waals surface area (Å²) in [5.41, 5.74) is 0. The van der Waals surface area contributed by atoms with Crippen LogP contribution in [0.15, 0.2) is 0 Å². The third kappa shape index (κ3) is 2.75. The van der Waals surface area contributed by atoms with Crippen LogP contribution in [-0.2, 0) is 9.53 Å². The van der Waals surface area contributed by atoms with Gasteiger partial charge in [0.25, 0.3) is 0 Å². The highest BCUT2D eigenvalue weighted by Crippen LogP contribution is 2.50. The minimum Gasteiger partial charge on any atom is -0.462 e. The third-order valence-electron chi connectivity index (χ3n) is 5.63. The first-order chi connectivity index (χ1) is 9.50. The van der Waals surface area contributed by atoms with Crippen molar-refractivity contribution in [3.05, 3.63) is 0 Å². The smallest absolute Gasteiger partial charge is 0.309 e. The molecule has 0 radical (unpaired) electrons. The zero-order valence-corrected chi connectivity index (χ0v) is 14.4.